The first-order valence-corrected chi connectivity index (χ1v) is 8.05. The second-order valence-electron chi connectivity index (χ2n) is 6.00. The van der Waals surface area contributed by atoms with E-state index in [-0.39, 0.29) is 6.03 Å². The highest BCUT2D eigenvalue weighted by Gasteiger charge is 2.11. The number of pyridine rings is 1. The highest BCUT2D eigenvalue weighted by molar-refractivity contribution is 5.79. The SMILES string of the molecule is CNC(=O)NCc1ccc(N(C)c2cc3c(cn2)ncn3C)c(C)c1. The summed E-state index contributed by atoms with van der Waals surface area (Å²) >= 11 is 0. The Bertz CT molecular complexity index is 917. The van der Waals surface area contributed by atoms with Gasteiger partial charge in [0.25, 0.3) is 0 Å². The standard InChI is InChI=1S/C18H22N6O/c1-12-7-13(9-21-18(25)19-2)5-6-15(12)24(4)17-8-16-14(10-20-17)22-11-23(16)3/h5-8,10-11H,9H2,1-4H3,(H2,19,21,25). The van der Waals surface area contributed by atoms with Gasteiger partial charge in [-0.05, 0) is 24.1 Å². The van der Waals surface area contributed by atoms with Crippen LogP contribution in [0.2, 0.25) is 0 Å². The minimum Gasteiger partial charge on any atom is -0.341 e. The van der Waals surface area contributed by atoms with Crippen molar-refractivity contribution < 1.29 is 4.79 Å². The summed E-state index contributed by atoms with van der Waals surface area (Å²) in [6.07, 6.45) is 3.58. The first kappa shape index (κ1) is 16.8. The maximum atomic E-state index is 11.3. The van der Waals surface area contributed by atoms with Gasteiger partial charge in [0.1, 0.15) is 11.3 Å². The van der Waals surface area contributed by atoms with Crippen LogP contribution in [0.25, 0.3) is 11.0 Å². The molecule has 2 heterocycles. The smallest absolute Gasteiger partial charge is 0.314 e. The van der Waals surface area contributed by atoms with Gasteiger partial charge in [-0.3, -0.25) is 0 Å². The van der Waals surface area contributed by atoms with E-state index >= 15 is 0 Å². The van der Waals surface area contributed by atoms with Crippen molar-refractivity contribution in [3.63, 3.8) is 0 Å². The first-order chi connectivity index (χ1) is 12.0. The fourth-order valence-corrected chi connectivity index (χ4v) is 2.80. The van der Waals surface area contributed by atoms with Crippen molar-refractivity contribution in [3.8, 4) is 0 Å². The highest BCUT2D eigenvalue weighted by Crippen LogP contribution is 2.27. The topological polar surface area (TPSA) is 75.1 Å². The zero-order valence-corrected chi connectivity index (χ0v) is 14.9. The number of benzene rings is 1. The molecule has 2 N–H and O–H groups in total. The molecule has 0 saturated carbocycles. The summed E-state index contributed by atoms with van der Waals surface area (Å²) in [5, 5.41) is 5.34. The van der Waals surface area contributed by atoms with Gasteiger partial charge in [0.05, 0.1) is 18.0 Å². The number of urea groups is 1. The monoisotopic (exact) mass is 338 g/mol. The van der Waals surface area contributed by atoms with E-state index in [0.717, 1.165) is 33.7 Å². The number of aromatic nitrogens is 3. The number of aryl methyl sites for hydroxylation is 2. The fraction of sp³-hybridized carbons (Fsp3) is 0.278. The van der Waals surface area contributed by atoms with Crippen molar-refractivity contribution in [2.75, 3.05) is 19.0 Å². The van der Waals surface area contributed by atoms with Crippen molar-refractivity contribution in [1.82, 2.24) is 25.2 Å². The molecule has 1 aromatic carbocycles. The van der Waals surface area contributed by atoms with Gasteiger partial charge in [0.15, 0.2) is 0 Å². The number of hydrogen-bond donors (Lipinski definition) is 2. The predicted molar refractivity (Wildman–Crippen MR) is 99.0 cm³/mol. The average Bonchev–Trinajstić information content (AvgIpc) is 2.99. The Kier molecular flexibility index (Phi) is 4.56. The van der Waals surface area contributed by atoms with Crippen molar-refractivity contribution in [2.45, 2.75) is 13.5 Å². The van der Waals surface area contributed by atoms with Crippen LogP contribution in [0, 0.1) is 6.92 Å². The zero-order chi connectivity index (χ0) is 18.0. The number of carbonyl (C=O) groups is 1. The molecule has 7 nitrogen and oxygen atoms in total. The summed E-state index contributed by atoms with van der Waals surface area (Å²) in [6.45, 7) is 2.54. The normalized spacial score (nSPS) is 10.7. The van der Waals surface area contributed by atoms with Crippen LogP contribution in [0.15, 0.2) is 36.8 Å². The molecule has 0 unspecified atom stereocenters. The van der Waals surface area contributed by atoms with Gasteiger partial charge < -0.3 is 20.1 Å². The van der Waals surface area contributed by atoms with Crippen LogP contribution in [-0.4, -0.2) is 34.7 Å². The van der Waals surface area contributed by atoms with Gasteiger partial charge in [0.2, 0.25) is 0 Å². The molecular formula is C18H22N6O. The van der Waals surface area contributed by atoms with Gasteiger partial charge in [-0.15, -0.1) is 0 Å². The van der Waals surface area contributed by atoms with E-state index in [1.54, 1.807) is 19.6 Å². The molecule has 0 aliphatic carbocycles. The van der Waals surface area contributed by atoms with Crippen molar-refractivity contribution in [2.24, 2.45) is 7.05 Å². The third-order valence-corrected chi connectivity index (χ3v) is 4.24. The number of anilines is 2. The van der Waals surface area contributed by atoms with Crippen molar-refractivity contribution >= 4 is 28.6 Å². The molecule has 0 bridgehead atoms. The fourth-order valence-electron chi connectivity index (χ4n) is 2.80. The number of nitrogens with one attached hydrogen (secondary N) is 2. The van der Waals surface area contributed by atoms with Crippen LogP contribution in [0.3, 0.4) is 0 Å². The number of carbonyl (C=O) groups excluding carboxylic acids is 1. The highest BCUT2D eigenvalue weighted by atomic mass is 16.2. The second kappa shape index (κ2) is 6.80. The predicted octanol–water partition coefficient (Wildman–Crippen LogP) is 2.47. The van der Waals surface area contributed by atoms with Crippen LogP contribution < -0.4 is 15.5 Å². The van der Waals surface area contributed by atoms with Crippen molar-refractivity contribution in [3.05, 3.63) is 47.9 Å². The molecule has 25 heavy (non-hydrogen) atoms. The molecule has 0 atom stereocenters. The lowest BCUT2D eigenvalue weighted by molar-refractivity contribution is 0.242. The van der Waals surface area contributed by atoms with E-state index in [1.807, 2.05) is 36.9 Å². The van der Waals surface area contributed by atoms with Crippen LogP contribution in [0.5, 0.6) is 0 Å². The summed E-state index contributed by atoms with van der Waals surface area (Å²) in [7, 11) is 5.57. The minimum atomic E-state index is -0.187. The van der Waals surface area contributed by atoms with E-state index in [2.05, 4.69) is 38.5 Å². The summed E-state index contributed by atoms with van der Waals surface area (Å²) in [6, 6.07) is 7.98. The Balaban J connectivity index is 1.84. The van der Waals surface area contributed by atoms with Gasteiger partial charge in [-0.25, -0.2) is 14.8 Å². The average molecular weight is 338 g/mol. The summed E-state index contributed by atoms with van der Waals surface area (Å²) in [4.78, 5) is 22.2. The number of hydrogen-bond acceptors (Lipinski definition) is 4. The second-order valence-corrected chi connectivity index (χ2v) is 6.00. The van der Waals surface area contributed by atoms with E-state index in [9.17, 15) is 4.79 Å². The van der Waals surface area contributed by atoms with Crippen molar-refractivity contribution in [1.29, 1.82) is 0 Å². The molecule has 0 spiro atoms. The lowest BCUT2D eigenvalue weighted by Gasteiger charge is -2.21. The van der Waals surface area contributed by atoms with E-state index in [0.29, 0.717) is 6.54 Å². The third kappa shape index (κ3) is 3.40. The van der Waals surface area contributed by atoms with Crippen LogP contribution >= 0.6 is 0 Å². The van der Waals surface area contributed by atoms with E-state index in [4.69, 9.17) is 0 Å². The molecule has 2 aromatic heterocycles. The Hall–Kier alpha value is -3.09. The number of imidazole rings is 1. The number of nitrogens with zero attached hydrogens (tertiary/aromatic N) is 4. The maximum Gasteiger partial charge on any atom is 0.314 e. The zero-order valence-electron chi connectivity index (χ0n) is 14.9. The largest absolute Gasteiger partial charge is 0.341 e. The van der Waals surface area contributed by atoms with E-state index < -0.39 is 0 Å². The Morgan fingerprint density at radius 1 is 1.28 bits per heavy atom. The van der Waals surface area contributed by atoms with Gasteiger partial charge in [0, 0.05) is 39.4 Å². The van der Waals surface area contributed by atoms with Crippen LogP contribution in [0.1, 0.15) is 11.1 Å². The molecule has 0 aliphatic rings. The van der Waals surface area contributed by atoms with Gasteiger partial charge in [-0.2, -0.15) is 0 Å². The number of rotatable bonds is 4. The minimum absolute atomic E-state index is 0.187. The molecular weight excluding hydrogens is 316 g/mol. The van der Waals surface area contributed by atoms with Crippen LogP contribution in [-0.2, 0) is 13.6 Å². The molecule has 3 aromatic rings. The number of amides is 2. The molecule has 0 radical (unpaired) electrons. The van der Waals surface area contributed by atoms with Gasteiger partial charge >= 0.3 is 6.03 Å². The maximum absolute atomic E-state index is 11.3. The summed E-state index contributed by atoms with van der Waals surface area (Å²) in [5.74, 6) is 0.857. The Labute approximate surface area is 146 Å². The van der Waals surface area contributed by atoms with Gasteiger partial charge in [-0.1, -0.05) is 12.1 Å². The molecule has 0 fully saturated rings. The third-order valence-electron chi connectivity index (χ3n) is 4.24. The lowest BCUT2D eigenvalue weighted by atomic mass is 10.1. The molecule has 2 amide bonds. The first-order valence-electron chi connectivity index (χ1n) is 8.05. The molecule has 0 aliphatic heterocycles. The Morgan fingerprint density at radius 3 is 2.80 bits per heavy atom. The molecule has 130 valence electrons. The summed E-state index contributed by atoms with van der Waals surface area (Å²) < 4.78 is 1.98. The van der Waals surface area contributed by atoms with E-state index in [1.165, 1.54) is 0 Å². The summed E-state index contributed by atoms with van der Waals surface area (Å²) in [5.41, 5.74) is 5.16. The number of fused-ring (bicyclic) bond motifs is 1. The molecule has 3 rings (SSSR count). The Morgan fingerprint density at radius 2 is 2.08 bits per heavy atom. The lowest BCUT2D eigenvalue weighted by Crippen LogP contribution is -2.32. The molecule has 7 heteroatoms. The molecule has 0 saturated heterocycles. The van der Waals surface area contributed by atoms with Crippen LogP contribution in [0.4, 0.5) is 16.3 Å². The quantitative estimate of drug-likeness (QED) is 0.766.